The summed E-state index contributed by atoms with van der Waals surface area (Å²) >= 11 is 0. The number of anilines is 6. The van der Waals surface area contributed by atoms with Gasteiger partial charge in [-0.1, -0.05) is 71.8 Å². The van der Waals surface area contributed by atoms with Gasteiger partial charge in [-0.3, -0.25) is 0 Å². The minimum absolute atomic E-state index is 1.12. The normalized spacial score (nSPS) is 10.6. The third-order valence-electron chi connectivity index (χ3n) is 5.98. The standard InChI is InChI=1S/C32H28N2/c1-25-13-17-29(18-14-25)33(27-9-5-3-6-10-27)31-21-23-32(24-22-31)34(28-11-7-4-8-12-28)30-19-15-26(2)16-20-30/h3-24H,1-2H3. The highest BCUT2D eigenvalue weighted by Crippen LogP contribution is 2.38. The molecule has 0 aliphatic heterocycles. The van der Waals surface area contributed by atoms with E-state index in [-0.39, 0.29) is 0 Å². The summed E-state index contributed by atoms with van der Waals surface area (Å²) in [6.07, 6.45) is 0. The number of aryl methyl sites for hydroxylation is 2. The fourth-order valence-electron chi connectivity index (χ4n) is 4.19. The van der Waals surface area contributed by atoms with E-state index in [1.807, 2.05) is 0 Å². The summed E-state index contributed by atoms with van der Waals surface area (Å²) < 4.78 is 0. The van der Waals surface area contributed by atoms with Crippen molar-refractivity contribution in [3.63, 3.8) is 0 Å². The monoisotopic (exact) mass is 440 g/mol. The van der Waals surface area contributed by atoms with Crippen molar-refractivity contribution in [1.82, 2.24) is 0 Å². The summed E-state index contributed by atoms with van der Waals surface area (Å²) in [6, 6.07) is 47.2. The first kappa shape index (κ1) is 21.5. The van der Waals surface area contributed by atoms with Crippen LogP contribution in [0, 0.1) is 13.8 Å². The highest BCUT2D eigenvalue weighted by atomic mass is 15.2. The zero-order valence-corrected chi connectivity index (χ0v) is 19.6. The second kappa shape index (κ2) is 9.68. The molecule has 166 valence electrons. The molecule has 0 heterocycles. The molecular formula is C32H28N2. The summed E-state index contributed by atoms with van der Waals surface area (Å²) in [7, 11) is 0. The zero-order valence-electron chi connectivity index (χ0n) is 19.6. The number of rotatable bonds is 6. The molecule has 5 aromatic rings. The number of benzene rings is 5. The Balaban J connectivity index is 1.57. The van der Waals surface area contributed by atoms with Gasteiger partial charge in [0, 0.05) is 34.1 Å². The van der Waals surface area contributed by atoms with Crippen molar-refractivity contribution >= 4 is 34.1 Å². The molecule has 0 saturated carbocycles. The fourth-order valence-corrected chi connectivity index (χ4v) is 4.19. The Kier molecular flexibility index (Phi) is 6.13. The van der Waals surface area contributed by atoms with Crippen molar-refractivity contribution in [2.75, 3.05) is 9.80 Å². The van der Waals surface area contributed by atoms with Crippen LogP contribution in [0.15, 0.2) is 133 Å². The predicted octanol–water partition coefficient (Wildman–Crippen LogP) is 9.24. The van der Waals surface area contributed by atoms with Crippen LogP contribution in [0.1, 0.15) is 11.1 Å². The van der Waals surface area contributed by atoms with E-state index < -0.39 is 0 Å². The molecular weight excluding hydrogens is 412 g/mol. The molecule has 0 radical (unpaired) electrons. The predicted molar refractivity (Wildman–Crippen MR) is 145 cm³/mol. The molecule has 0 aliphatic carbocycles. The largest absolute Gasteiger partial charge is 0.311 e. The molecule has 0 spiro atoms. The maximum atomic E-state index is 2.29. The topological polar surface area (TPSA) is 6.48 Å². The molecule has 5 aromatic carbocycles. The van der Waals surface area contributed by atoms with Crippen LogP contribution in [0.5, 0.6) is 0 Å². The van der Waals surface area contributed by atoms with Crippen LogP contribution in [0.3, 0.4) is 0 Å². The molecule has 0 aromatic heterocycles. The van der Waals surface area contributed by atoms with E-state index in [9.17, 15) is 0 Å². The number of nitrogens with zero attached hydrogens (tertiary/aromatic N) is 2. The van der Waals surface area contributed by atoms with E-state index in [0.29, 0.717) is 0 Å². The minimum Gasteiger partial charge on any atom is -0.311 e. The lowest BCUT2D eigenvalue weighted by molar-refractivity contribution is 1.25. The molecule has 2 heteroatoms. The van der Waals surface area contributed by atoms with E-state index in [4.69, 9.17) is 0 Å². The number of hydrogen-bond donors (Lipinski definition) is 0. The lowest BCUT2D eigenvalue weighted by Gasteiger charge is -2.28. The molecule has 0 aliphatic rings. The molecule has 5 rings (SSSR count). The van der Waals surface area contributed by atoms with E-state index in [1.165, 1.54) is 11.1 Å². The molecule has 0 unspecified atom stereocenters. The van der Waals surface area contributed by atoms with Gasteiger partial charge in [0.15, 0.2) is 0 Å². The van der Waals surface area contributed by atoms with Crippen LogP contribution in [0.4, 0.5) is 34.1 Å². The smallest absolute Gasteiger partial charge is 0.0463 e. The molecule has 0 N–H and O–H groups in total. The van der Waals surface area contributed by atoms with Crippen molar-refractivity contribution in [2.24, 2.45) is 0 Å². The Morgan fingerprint density at radius 1 is 0.294 bits per heavy atom. The summed E-state index contributed by atoms with van der Waals surface area (Å²) in [5.74, 6) is 0. The van der Waals surface area contributed by atoms with Crippen LogP contribution < -0.4 is 9.80 Å². The molecule has 0 atom stereocenters. The van der Waals surface area contributed by atoms with Gasteiger partial charge >= 0.3 is 0 Å². The maximum Gasteiger partial charge on any atom is 0.0463 e. The molecule has 0 saturated heterocycles. The summed E-state index contributed by atoms with van der Waals surface area (Å²) in [6.45, 7) is 4.24. The first-order chi connectivity index (χ1) is 16.7. The SMILES string of the molecule is Cc1ccc(N(c2ccccc2)c2ccc(N(c3ccccc3)c3ccc(C)cc3)cc2)cc1. The Hall–Kier alpha value is -4.30. The Morgan fingerprint density at radius 3 is 0.824 bits per heavy atom. The summed E-state index contributed by atoms with van der Waals surface area (Å²) in [4.78, 5) is 4.59. The van der Waals surface area contributed by atoms with E-state index in [0.717, 1.165) is 34.1 Å². The van der Waals surface area contributed by atoms with Crippen molar-refractivity contribution < 1.29 is 0 Å². The first-order valence-electron chi connectivity index (χ1n) is 11.6. The highest BCUT2D eigenvalue weighted by Gasteiger charge is 2.15. The van der Waals surface area contributed by atoms with Crippen molar-refractivity contribution in [3.05, 3.63) is 145 Å². The first-order valence-corrected chi connectivity index (χ1v) is 11.6. The average Bonchev–Trinajstić information content (AvgIpc) is 2.89. The fraction of sp³-hybridized carbons (Fsp3) is 0.0625. The van der Waals surface area contributed by atoms with Crippen LogP contribution in [0.2, 0.25) is 0 Å². The van der Waals surface area contributed by atoms with Crippen LogP contribution in [-0.4, -0.2) is 0 Å². The highest BCUT2D eigenvalue weighted by molar-refractivity contribution is 5.81. The number of hydrogen-bond acceptors (Lipinski definition) is 2. The van der Waals surface area contributed by atoms with Gasteiger partial charge in [-0.05, 0) is 86.6 Å². The van der Waals surface area contributed by atoms with Gasteiger partial charge in [-0.25, -0.2) is 0 Å². The molecule has 2 nitrogen and oxygen atoms in total. The number of para-hydroxylation sites is 2. The van der Waals surface area contributed by atoms with E-state index >= 15 is 0 Å². The van der Waals surface area contributed by atoms with Gasteiger partial charge in [0.2, 0.25) is 0 Å². The van der Waals surface area contributed by atoms with Crippen molar-refractivity contribution in [1.29, 1.82) is 0 Å². The average molecular weight is 441 g/mol. The second-order valence-electron chi connectivity index (χ2n) is 8.53. The third kappa shape index (κ3) is 4.57. The van der Waals surface area contributed by atoms with Gasteiger partial charge in [-0.2, -0.15) is 0 Å². The molecule has 0 bridgehead atoms. The van der Waals surface area contributed by atoms with E-state index in [2.05, 4.69) is 157 Å². The van der Waals surface area contributed by atoms with Gasteiger partial charge in [-0.15, -0.1) is 0 Å². The quantitative estimate of drug-likeness (QED) is 0.259. The minimum atomic E-state index is 1.12. The molecule has 0 amide bonds. The van der Waals surface area contributed by atoms with Crippen molar-refractivity contribution in [2.45, 2.75) is 13.8 Å². The lowest BCUT2D eigenvalue weighted by Crippen LogP contribution is -2.12. The van der Waals surface area contributed by atoms with Gasteiger partial charge < -0.3 is 9.80 Å². The van der Waals surface area contributed by atoms with Crippen LogP contribution in [0.25, 0.3) is 0 Å². The maximum absolute atomic E-state index is 2.29. The third-order valence-corrected chi connectivity index (χ3v) is 5.98. The summed E-state index contributed by atoms with van der Waals surface area (Å²) in [5.41, 5.74) is 9.31. The molecule has 0 fully saturated rings. The van der Waals surface area contributed by atoms with Crippen LogP contribution in [-0.2, 0) is 0 Å². The van der Waals surface area contributed by atoms with E-state index in [1.54, 1.807) is 0 Å². The zero-order chi connectivity index (χ0) is 23.3. The molecule has 34 heavy (non-hydrogen) atoms. The van der Waals surface area contributed by atoms with Gasteiger partial charge in [0.05, 0.1) is 0 Å². The Morgan fingerprint density at radius 2 is 0.529 bits per heavy atom. The Labute approximate surface area is 202 Å². The second-order valence-corrected chi connectivity index (χ2v) is 8.53. The summed E-state index contributed by atoms with van der Waals surface area (Å²) in [5, 5.41) is 0. The van der Waals surface area contributed by atoms with Crippen LogP contribution >= 0.6 is 0 Å². The Bertz CT molecular complexity index is 1220. The lowest BCUT2D eigenvalue weighted by atomic mass is 10.1. The van der Waals surface area contributed by atoms with Crippen molar-refractivity contribution in [3.8, 4) is 0 Å². The van der Waals surface area contributed by atoms with Gasteiger partial charge in [0.25, 0.3) is 0 Å². The van der Waals surface area contributed by atoms with Gasteiger partial charge in [0.1, 0.15) is 0 Å².